The van der Waals surface area contributed by atoms with E-state index in [4.69, 9.17) is 0 Å². The SMILES string of the molecule is CS(=O)(=O)N1CCC[C@H]1C(=O)Nc1cc2[nH]c(=O)[nH]c2cc1N1CCCC1. The second-order valence-corrected chi connectivity index (χ2v) is 9.14. The van der Waals surface area contributed by atoms with Crippen LogP contribution in [0.2, 0.25) is 0 Å². The first-order chi connectivity index (χ1) is 12.8. The Hall–Kier alpha value is -2.33. The minimum absolute atomic E-state index is 0.306. The second-order valence-electron chi connectivity index (χ2n) is 7.21. The summed E-state index contributed by atoms with van der Waals surface area (Å²) in [6.07, 6.45) is 4.43. The van der Waals surface area contributed by atoms with E-state index in [9.17, 15) is 18.0 Å². The number of rotatable bonds is 4. The van der Waals surface area contributed by atoms with Crippen molar-refractivity contribution in [3.8, 4) is 0 Å². The molecule has 2 aliphatic heterocycles. The normalized spacial score (nSPS) is 21.2. The Morgan fingerprint density at radius 3 is 2.44 bits per heavy atom. The van der Waals surface area contributed by atoms with Crippen LogP contribution in [-0.2, 0) is 14.8 Å². The first-order valence-electron chi connectivity index (χ1n) is 9.11. The lowest BCUT2D eigenvalue weighted by molar-refractivity contribution is -0.119. The summed E-state index contributed by atoms with van der Waals surface area (Å²) in [5, 5.41) is 2.91. The van der Waals surface area contributed by atoms with Gasteiger partial charge in [0.1, 0.15) is 6.04 Å². The number of anilines is 2. The van der Waals surface area contributed by atoms with Crippen molar-refractivity contribution in [2.75, 3.05) is 36.1 Å². The Kier molecular flexibility index (Phi) is 4.47. The minimum atomic E-state index is -3.44. The fourth-order valence-electron chi connectivity index (χ4n) is 4.01. The molecule has 2 fully saturated rings. The third kappa shape index (κ3) is 3.46. The number of nitrogens with one attached hydrogen (secondary N) is 3. The lowest BCUT2D eigenvalue weighted by Crippen LogP contribution is -2.42. The second kappa shape index (κ2) is 6.68. The van der Waals surface area contributed by atoms with Gasteiger partial charge in [-0.05, 0) is 37.8 Å². The number of imidazole rings is 1. The average Bonchev–Trinajstić information content (AvgIpc) is 3.33. The van der Waals surface area contributed by atoms with Crippen LogP contribution in [0.1, 0.15) is 25.7 Å². The van der Waals surface area contributed by atoms with Gasteiger partial charge in [-0.3, -0.25) is 4.79 Å². The quantitative estimate of drug-likeness (QED) is 0.711. The number of benzene rings is 1. The fraction of sp³-hybridized carbons (Fsp3) is 0.529. The maximum atomic E-state index is 12.9. The van der Waals surface area contributed by atoms with Gasteiger partial charge in [-0.1, -0.05) is 0 Å². The molecule has 10 heteroatoms. The number of hydrogen-bond acceptors (Lipinski definition) is 5. The summed E-state index contributed by atoms with van der Waals surface area (Å²) in [4.78, 5) is 32.1. The van der Waals surface area contributed by atoms with E-state index in [1.54, 1.807) is 6.07 Å². The standard InChI is InChI=1S/C17H23N5O4S/c1-27(25,26)22-8-4-5-14(22)16(23)18-13-9-11-12(20-17(24)19-11)10-15(13)21-6-2-3-7-21/h9-10,14H,2-8H2,1H3,(H,18,23)(H2,19,20,24)/t14-/m0/s1. The summed E-state index contributed by atoms with van der Waals surface area (Å²) >= 11 is 0. The molecule has 0 radical (unpaired) electrons. The predicted molar refractivity (Wildman–Crippen MR) is 104 cm³/mol. The number of fused-ring (bicyclic) bond motifs is 1. The van der Waals surface area contributed by atoms with E-state index in [1.165, 1.54) is 4.31 Å². The number of carbonyl (C=O) groups is 1. The first-order valence-corrected chi connectivity index (χ1v) is 11.0. The van der Waals surface area contributed by atoms with Gasteiger partial charge in [-0.2, -0.15) is 4.31 Å². The van der Waals surface area contributed by atoms with E-state index in [1.807, 2.05) is 6.07 Å². The highest BCUT2D eigenvalue weighted by molar-refractivity contribution is 7.88. The minimum Gasteiger partial charge on any atom is -0.370 e. The molecule has 3 heterocycles. The molecule has 3 N–H and O–H groups in total. The third-order valence-corrected chi connectivity index (χ3v) is 6.56. The molecule has 2 aromatic rings. The number of sulfonamides is 1. The van der Waals surface area contributed by atoms with Crippen LogP contribution in [0.4, 0.5) is 11.4 Å². The van der Waals surface area contributed by atoms with E-state index in [2.05, 4.69) is 20.2 Å². The smallest absolute Gasteiger partial charge is 0.323 e. The number of aromatic nitrogens is 2. The number of aromatic amines is 2. The van der Waals surface area contributed by atoms with Crippen molar-refractivity contribution in [1.29, 1.82) is 0 Å². The monoisotopic (exact) mass is 393 g/mol. The van der Waals surface area contributed by atoms with E-state index >= 15 is 0 Å². The van der Waals surface area contributed by atoms with Crippen molar-refractivity contribution in [3.63, 3.8) is 0 Å². The van der Waals surface area contributed by atoms with Crippen molar-refractivity contribution in [2.24, 2.45) is 0 Å². The number of amides is 1. The highest BCUT2D eigenvalue weighted by atomic mass is 32.2. The molecule has 2 aliphatic rings. The lowest BCUT2D eigenvalue weighted by Gasteiger charge is -2.25. The Morgan fingerprint density at radius 1 is 1.11 bits per heavy atom. The van der Waals surface area contributed by atoms with Crippen LogP contribution in [0.15, 0.2) is 16.9 Å². The maximum absolute atomic E-state index is 12.9. The molecule has 0 spiro atoms. The van der Waals surface area contributed by atoms with Crippen LogP contribution in [-0.4, -0.2) is 60.5 Å². The Balaban J connectivity index is 1.68. The molecule has 9 nitrogen and oxygen atoms in total. The van der Waals surface area contributed by atoms with E-state index in [0.29, 0.717) is 36.1 Å². The van der Waals surface area contributed by atoms with Crippen molar-refractivity contribution in [3.05, 3.63) is 22.6 Å². The Bertz CT molecular complexity index is 1040. The van der Waals surface area contributed by atoms with Crippen molar-refractivity contribution < 1.29 is 13.2 Å². The molecule has 0 saturated carbocycles. The van der Waals surface area contributed by atoms with Gasteiger partial charge in [0.15, 0.2) is 0 Å². The molecule has 146 valence electrons. The highest BCUT2D eigenvalue weighted by Gasteiger charge is 2.36. The fourth-order valence-corrected chi connectivity index (χ4v) is 5.13. The van der Waals surface area contributed by atoms with Crippen molar-refractivity contribution in [2.45, 2.75) is 31.7 Å². The van der Waals surface area contributed by atoms with Gasteiger partial charge in [-0.25, -0.2) is 13.2 Å². The lowest BCUT2D eigenvalue weighted by atomic mass is 10.1. The number of carbonyl (C=O) groups excluding carboxylic acids is 1. The zero-order valence-corrected chi connectivity index (χ0v) is 15.9. The predicted octanol–water partition coefficient (Wildman–Crippen LogP) is 0.819. The molecule has 0 aliphatic carbocycles. The molecule has 2 saturated heterocycles. The summed E-state index contributed by atoms with van der Waals surface area (Å²) in [5.74, 6) is -0.337. The Labute approximate surface area is 156 Å². The summed E-state index contributed by atoms with van der Waals surface area (Å²) in [5.41, 5.74) is 2.40. The average molecular weight is 393 g/mol. The summed E-state index contributed by atoms with van der Waals surface area (Å²) in [7, 11) is -3.44. The topological polar surface area (TPSA) is 118 Å². The van der Waals surface area contributed by atoms with Gasteiger partial charge in [0, 0.05) is 19.6 Å². The van der Waals surface area contributed by atoms with Gasteiger partial charge >= 0.3 is 5.69 Å². The summed E-state index contributed by atoms with van der Waals surface area (Å²) in [6, 6.07) is 2.89. The first kappa shape index (κ1) is 18.1. The van der Waals surface area contributed by atoms with Crippen LogP contribution >= 0.6 is 0 Å². The van der Waals surface area contributed by atoms with Crippen molar-refractivity contribution in [1.82, 2.24) is 14.3 Å². The van der Waals surface area contributed by atoms with E-state index < -0.39 is 16.1 Å². The molecule has 27 heavy (non-hydrogen) atoms. The third-order valence-electron chi connectivity index (χ3n) is 5.27. The number of hydrogen-bond donors (Lipinski definition) is 3. The number of nitrogens with zero attached hydrogens (tertiary/aromatic N) is 2. The van der Waals surface area contributed by atoms with E-state index in [0.717, 1.165) is 37.9 Å². The largest absolute Gasteiger partial charge is 0.370 e. The summed E-state index contributed by atoms with van der Waals surface area (Å²) < 4.78 is 25.2. The van der Waals surface area contributed by atoms with Gasteiger partial charge < -0.3 is 20.2 Å². The van der Waals surface area contributed by atoms with Crippen LogP contribution in [0.5, 0.6) is 0 Å². The molecular formula is C17H23N5O4S. The van der Waals surface area contributed by atoms with Crippen molar-refractivity contribution >= 4 is 38.3 Å². The molecule has 0 unspecified atom stereocenters. The molecule has 1 aromatic carbocycles. The maximum Gasteiger partial charge on any atom is 0.323 e. The zero-order valence-electron chi connectivity index (χ0n) is 15.1. The van der Waals surface area contributed by atoms with Crippen LogP contribution in [0, 0.1) is 0 Å². The highest BCUT2D eigenvalue weighted by Crippen LogP contribution is 2.33. The zero-order chi connectivity index (χ0) is 19.2. The van der Waals surface area contributed by atoms with Gasteiger partial charge in [0.05, 0.1) is 28.7 Å². The van der Waals surface area contributed by atoms with Gasteiger partial charge in [0.2, 0.25) is 15.9 Å². The van der Waals surface area contributed by atoms with Gasteiger partial charge in [0.25, 0.3) is 0 Å². The van der Waals surface area contributed by atoms with Crippen LogP contribution in [0.25, 0.3) is 11.0 Å². The van der Waals surface area contributed by atoms with E-state index in [-0.39, 0.29) is 11.6 Å². The van der Waals surface area contributed by atoms with Gasteiger partial charge in [-0.15, -0.1) is 0 Å². The van der Waals surface area contributed by atoms with Crippen LogP contribution in [0.3, 0.4) is 0 Å². The molecule has 1 amide bonds. The molecular weight excluding hydrogens is 370 g/mol. The molecule has 1 atom stereocenters. The Morgan fingerprint density at radius 2 is 1.78 bits per heavy atom. The molecule has 1 aromatic heterocycles. The molecule has 4 rings (SSSR count). The molecule has 0 bridgehead atoms. The summed E-state index contributed by atoms with van der Waals surface area (Å²) in [6.45, 7) is 2.11. The number of H-pyrrole nitrogens is 2. The van der Waals surface area contributed by atoms with Crippen LogP contribution < -0.4 is 15.9 Å².